The molecule has 1 aliphatic heterocycles. The molecule has 7 nitrogen and oxygen atoms in total. The van der Waals surface area contributed by atoms with Gasteiger partial charge in [0.15, 0.2) is 0 Å². The van der Waals surface area contributed by atoms with Gasteiger partial charge in [-0.05, 0) is 38.8 Å². The molecule has 0 aromatic carbocycles. The van der Waals surface area contributed by atoms with Crippen LogP contribution in [0, 0.1) is 13.8 Å². The highest BCUT2D eigenvalue weighted by Crippen LogP contribution is 2.31. The van der Waals surface area contributed by atoms with Crippen LogP contribution in [0.1, 0.15) is 35.9 Å². The summed E-state index contributed by atoms with van der Waals surface area (Å²) in [5.41, 5.74) is 3.63. The largest absolute Gasteiger partial charge is 0.361 e. The zero-order valence-electron chi connectivity index (χ0n) is 15.1. The molecule has 0 saturated carbocycles. The molecule has 3 heterocycles. The van der Waals surface area contributed by atoms with Gasteiger partial charge in [-0.2, -0.15) is 17.0 Å². The molecule has 2 aromatic heterocycles. The lowest BCUT2D eigenvalue weighted by Crippen LogP contribution is -2.44. The fourth-order valence-electron chi connectivity index (χ4n) is 3.28. The van der Waals surface area contributed by atoms with Crippen LogP contribution in [0.2, 0.25) is 0 Å². The van der Waals surface area contributed by atoms with Crippen molar-refractivity contribution in [3.05, 3.63) is 35.3 Å². The Hall–Kier alpha value is -1.77. The first-order chi connectivity index (χ1) is 11.8. The van der Waals surface area contributed by atoms with Crippen molar-refractivity contribution in [1.29, 1.82) is 0 Å². The van der Waals surface area contributed by atoms with Gasteiger partial charge < -0.3 is 4.52 Å². The Morgan fingerprint density at radius 1 is 1.20 bits per heavy atom. The van der Waals surface area contributed by atoms with Crippen molar-refractivity contribution in [2.75, 3.05) is 27.2 Å². The molecule has 1 aliphatic rings. The fourth-order valence-corrected chi connectivity index (χ4v) is 4.41. The van der Waals surface area contributed by atoms with Crippen molar-refractivity contribution in [3.8, 4) is 11.3 Å². The lowest BCUT2D eigenvalue weighted by atomic mass is 9.93. The van der Waals surface area contributed by atoms with Crippen LogP contribution in [0.5, 0.6) is 0 Å². The summed E-state index contributed by atoms with van der Waals surface area (Å²) in [6.45, 7) is 4.82. The van der Waals surface area contributed by atoms with Crippen molar-refractivity contribution in [3.63, 3.8) is 0 Å². The van der Waals surface area contributed by atoms with E-state index >= 15 is 0 Å². The molecular formula is C17H24N4O3S. The van der Waals surface area contributed by atoms with Crippen LogP contribution in [0.4, 0.5) is 0 Å². The van der Waals surface area contributed by atoms with Gasteiger partial charge in [0.05, 0.1) is 17.0 Å². The molecule has 0 radical (unpaired) electrons. The molecule has 3 rings (SSSR count). The van der Waals surface area contributed by atoms with Gasteiger partial charge in [0.25, 0.3) is 10.2 Å². The highest BCUT2D eigenvalue weighted by atomic mass is 32.2. The number of nitrogens with zero attached hydrogens (tertiary/aromatic N) is 4. The number of aryl methyl sites for hydroxylation is 2. The summed E-state index contributed by atoms with van der Waals surface area (Å²) in [5, 5.41) is 4.00. The Balaban J connectivity index is 1.78. The number of hydrogen-bond donors (Lipinski definition) is 0. The van der Waals surface area contributed by atoms with Crippen LogP contribution in [0.3, 0.4) is 0 Å². The van der Waals surface area contributed by atoms with Gasteiger partial charge in [0.2, 0.25) is 0 Å². The predicted octanol–water partition coefficient (Wildman–Crippen LogP) is 2.34. The number of aromatic nitrogens is 2. The second-order valence-electron chi connectivity index (χ2n) is 6.61. The van der Waals surface area contributed by atoms with E-state index in [-0.39, 0.29) is 5.92 Å². The van der Waals surface area contributed by atoms with E-state index in [1.165, 1.54) is 4.31 Å². The quantitative estimate of drug-likeness (QED) is 0.832. The maximum Gasteiger partial charge on any atom is 0.281 e. The van der Waals surface area contributed by atoms with Gasteiger partial charge in [-0.15, -0.1) is 0 Å². The van der Waals surface area contributed by atoms with E-state index in [0.717, 1.165) is 41.2 Å². The third-order valence-corrected chi connectivity index (χ3v) is 6.66. The van der Waals surface area contributed by atoms with Gasteiger partial charge in [-0.3, -0.25) is 4.98 Å². The Labute approximate surface area is 148 Å². The highest BCUT2D eigenvalue weighted by molar-refractivity contribution is 7.86. The summed E-state index contributed by atoms with van der Waals surface area (Å²) < 4.78 is 32.5. The highest BCUT2D eigenvalue weighted by Gasteiger charge is 2.30. The van der Waals surface area contributed by atoms with Crippen LogP contribution >= 0.6 is 0 Å². The molecule has 0 aliphatic carbocycles. The molecule has 0 bridgehead atoms. The average molecular weight is 364 g/mol. The average Bonchev–Trinajstić information content (AvgIpc) is 2.93. The van der Waals surface area contributed by atoms with Crippen LogP contribution < -0.4 is 0 Å². The summed E-state index contributed by atoms with van der Waals surface area (Å²) in [6, 6.07) is 5.97. The van der Waals surface area contributed by atoms with Crippen LogP contribution in [0.15, 0.2) is 22.7 Å². The molecule has 1 fully saturated rings. The van der Waals surface area contributed by atoms with Crippen LogP contribution in [-0.2, 0) is 10.2 Å². The zero-order chi connectivity index (χ0) is 18.2. The van der Waals surface area contributed by atoms with Gasteiger partial charge in [0.1, 0.15) is 5.76 Å². The molecule has 0 N–H and O–H groups in total. The van der Waals surface area contributed by atoms with E-state index in [2.05, 4.69) is 5.16 Å². The first-order valence-corrected chi connectivity index (χ1v) is 9.78. The zero-order valence-corrected chi connectivity index (χ0v) is 15.9. The van der Waals surface area contributed by atoms with Crippen molar-refractivity contribution in [1.82, 2.24) is 18.8 Å². The van der Waals surface area contributed by atoms with E-state index in [1.54, 1.807) is 18.4 Å². The van der Waals surface area contributed by atoms with E-state index in [9.17, 15) is 8.42 Å². The summed E-state index contributed by atoms with van der Waals surface area (Å²) in [6.07, 6.45) is 1.54. The van der Waals surface area contributed by atoms with Crippen LogP contribution in [0.25, 0.3) is 11.3 Å². The Morgan fingerprint density at radius 3 is 2.44 bits per heavy atom. The number of hydrogen-bond acceptors (Lipinski definition) is 5. The molecule has 8 heteroatoms. The first kappa shape index (κ1) is 18.0. The standard InChI is InChI=1S/C17H24N4O3S/c1-12-17(13(2)24-19-12)16-7-5-6-15(18-16)14-8-10-21(11-9-14)25(22,23)20(3)4/h5-7,14H,8-11H2,1-4H3. The second-order valence-corrected chi connectivity index (χ2v) is 8.75. The number of pyridine rings is 1. The summed E-state index contributed by atoms with van der Waals surface area (Å²) in [7, 11) is -0.204. The SMILES string of the molecule is Cc1noc(C)c1-c1cccc(C2CCN(S(=O)(=O)N(C)C)CC2)n1. The third kappa shape index (κ3) is 3.47. The minimum Gasteiger partial charge on any atom is -0.361 e. The van der Waals surface area contributed by atoms with Gasteiger partial charge in [0, 0.05) is 38.8 Å². The lowest BCUT2D eigenvalue weighted by Gasteiger charge is -2.32. The monoisotopic (exact) mass is 364 g/mol. The smallest absolute Gasteiger partial charge is 0.281 e. The molecule has 0 atom stereocenters. The second kappa shape index (κ2) is 6.86. The van der Waals surface area contributed by atoms with Crippen LogP contribution in [-0.4, -0.2) is 54.4 Å². The van der Waals surface area contributed by atoms with Crippen molar-refractivity contribution in [2.45, 2.75) is 32.6 Å². The van der Waals surface area contributed by atoms with E-state index in [1.807, 2.05) is 32.0 Å². The lowest BCUT2D eigenvalue weighted by molar-refractivity contribution is 0.300. The summed E-state index contributed by atoms with van der Waals surface area (Å²) in [5.74, 6) is 1.02. The summed E-state index contributed by atoms with van der Waals surface area (Å²) >= 11 is 0. The Bertz CT molecular complexity index is 833. The molecule has 25 heavy (non-hydrogen) atoms. The third-order valence-electron chi connectivity index (χ3n) is 4.72. The van der Waals surface area contributed by atoms with Gasteiger partial charge >= 0.3 is 0 Å². The molecule has 1 saturated heterocycles. The van der Waals surface area contributed by atoms with E-state index in [0.29, 0.717) is 13.1 Å². The Kier molecular flexibility index (Phi) is 4.95. The molecule has 2 aromatic rings. The van der Waals surface area contributed by atoms with Crippen molar-refractivity contribution >= 4 is 10.2 Å². The number of piperidine rings is 1. The topological polar surface area (TPSA) is 79.5 Å². The van der Waals surface area contributed by atoms with E-state index < -0.39 is 10.2 Å². The molecule has 0 spiro atoms. The maximum absolute atomic E-state index is 12.2. The summed E-state index contributed by atoms with van der Waals surface area (Å²) in [4.78, 5) is 4.80. The first-order valence-electron chi connectivity index (χ1n) is 8.38. The molecule has 136 valence electrons. The predicted molar refractivity (Wildman–Crippen MR) is 95.4 cm³/mol. The number of rotatable bonds is 4. The van der Waals surface area contributed by atoms with Crippen molar-refractivity contribution in [2.24, 2.45) is 0 Å². The molecule has 0 unspecified atom stereocenters. The van der Waals surface area contributed by atoms with Crippen molar-refractivity contribution < 1.29 is 12.9 Å². The molecular weight excluding hydrogens is 340 g/mol. The van der Waals surface area contributed by atoms with E-state index in [4.69, 9.17) is 9.51 Å². The minimum atomic E-state index is -3.33. The minimum absolute atomic E-state index is 0.258. The normalized spacial score (nSPS) is 17.3. The Morgan fingerprint density at radius 2 is 1.88 bits per heavy atom. The van der Waals surface area contributed by atoms with Gasteiger partial charge in [-0.1, -0.05) is 11.2 Å². The fraction of sp³-hybridized carbons (Fsp3) is 0.529. The van der Waals surface area contributed by atoms with Gasteiger partial charge in [-0.25, -0.2) is 0 Å². The maximum atomic E-state index is 12.2. The molecule has 0 amide bonds.